The molecular weight excluding hydrogens is 659 g/mol. The molecule has 3 aromatic rings. The molecule has 13 heteroatoms. The third kappa shape index (κ3) is 4.84. The van der Waals surface area contributed by atoms with Crippen molar-refractivity contribution in [2.75, 3.05) is 54.1 Å². The second-order valence-electron chi connectivity index (χ2n) is 14.8. The maximum Gasteiger partial charge on any atom is 0.303 e. The monoisotopic (exact) mass is 701 g/mol. The summed E-state index contributed by atoms with van der Waals surface area (Å²) in [6, 6.07) is 11.3. The van der Waals surface area contributed by atoms with Gasteiger partial charge in [0.05, 0.1) is 43.5 Å². The molecule has 4 fully saturated rings. The third-order valence-electron chi connectivity index (χ3n) is 11.8. The Morgan fingerprint density at radius 1 is 1.00 bits per heavy atom. The van der Waals surface area contributed by atoms with E-state index in [9.17, 15) is 22.8 Å². The average molecular weight is 702 g/mol. The van der Waals surface area contributed by atoms with E-state index in [0.717, 1.165) is 57.7 Å². The first kappa shape index (κ1) is 33.0. The molecule has 2 atom stereocenters. The number of amides is 3. The number of nitrogens with one attached hydrogen (secondary N) is 1. The van der Waals surface area contributed by atoms with E-state index in [1.165, 1.54) is 26.1 Å². The number of aromatic nitrogens is 1. The van der Waals surface area contributed by atoms with Crippen molar-refractivity contribution < 1.29 is 32.3 Å². The topological polar surface area (TPSA) is 130 Å². The Kier molecular flexibility index (Phi) is 7.70. The van der Waals surface area contributed by atoms with Crippen molar-refractivity contribution in [1.29, 1.82) is 0 Å². The Bertz CT molecular complexity index is 2100. The van der Waals surface area contributed by atoms with Gasteiger partial charge in [-0.1, -0.05) is 25.3 Å². The van der Waals surface area contributed by atoms with Gasteiger partial charge in [0.1, 0.15) is 5.75 Å². The molecule has 264 valence electrons. The normalized spacial score (nSPS) is 24.5. The lowest BCUT2D eigenvalue weighted by Crippen LogP contribution is -2.74. The summed E-state index contributed by atoms with van der Waals surface area (Å²) < 4.78 is 42.0. The number of methoxy groups -OCH3 is 1. The van der Waals surface area contributed by atoms with Gasteiger partial charge in [-0.15, -0.1) is 0 Å². The van der Waals surface area contributed by atoms with Gasteiger partial charge in [-0.3, -0.25) is 14.4 Å². The van der Waals surface area contributed by atoms with Gasteiger partial charge in [0.25, 0.3) is 11.8 Å². The maximum absolute atomic E-state index is 14.7. The standard InChI is InChI=1S/C37H43N5O7S/c1-23(43)42-19-36-18-40(20-37(36,42)22-49-21-36)35(45)27-14-26-15-28(48-4)11-13-29(26)33-32(24-8-6-5-7-9-24)30-12-10-25(16-31(30)41(33)17-27)34(44)38-50(46,47)39(2)3/h10-16,24H,5-9,17-22H2,1-4H3,(H,38,44). The molecule has 5 heterocycles. The summed E-state index contributed by atoms with van der Waals surface area (Å²) in [5.74, 6) is 0.130. The highest BCUT2D eigenvalue weighted by Gasteiger charge is 2.73. The number of rotatable bonds is 6. The number of ether oxygens (including phenoxy) is 2. The van der Waals surface area contributed by atoms with Crippen molar-refractivity contribution in [1.82, 2.24) is 23.4 Å². The summed E-state index contributed by atoms with van der Waals surface area (Å²) in [5.41, 5.74) is 4.83. The lowest BCUT2D eigenvalue weighted by molar-refractivity contribution is -0.157. The first-order valence-electron chi connectivity index (χ1n) is 17.3. The molecule has 2 aromatic carbocycles. The highest BCUT2D eigenvalue weighted by atomic mass is 32.2. The highest BCUT2D eigenvalue weighted by molar-refractivity contribution is 7.87. The largest absolute Gasteiger partial charge is 0.497 e. The van der Waals surface area contributed by atoms with Crippen LogP contribution in [0.1, 0.15) is 66.4 Å². The first-order chi connectivity index (χ1) is 23.9. The van der Waals surface area contributed by atoms with Crippen LogP contribution >= 0.6 is 0 Å². The number of nitrogens with zero attached hydrogens (tertiary/aromatic N) is 4. The zero-order chi connectivity index (χ0) is 35.2. The quantitative estimate of drug-likeness (QED) is 0.415. The predicted molar refractivity (Wildman–Crippen MR) is 188 cm³/mol. The van der Waals surface area contributed by atoms with Gasteiger partial charge in [0.2, 0.25) is 5.91 Å². The lowest BCUT2D eigenvalue weighted by Gasteiger charge is -2.57. The summed E-state index contributed by atoms with van der Waals surface area (Å²) >= 11 is 0. The Morgan fingerprint density at radius 3 is 2.50 bits per heavy atom. The molecule has 3 saturated heterocycles. The summed E-state index contributed by atoms with van der Waals surface area (Å²) in [6.45, 7) is 4.26. The first-order valence-corrected chi connectivity index (χ1v) is 18.8. The van der Waals surface area contributed by atoms with Crippen LogP contribution in [0.25, 0.3) is 28.2 Å². The van der Waals surface area contributed by atoms with Crippen molar-refractivity contribution >= 4 is 44.9 Å². The number of carbonyl (C=O) groups excluding carboxylic acids is 3. The van der Waals surface area contributed by atoms with Gasteiger partial charge < -0.3 is 23.8 Å². The summed E-state index contributed by atoms with van der Waals surface area (Å²) in [7, 11) is 0.345. The van der Waals surface area contributed by atoms with Crippen LogP contribution in [0.15, 0.2) is 42.0 Å². The molecule has 12 nitrogen and oxygen atoms in total. The minimum absolute atomic E-state index is 0.00736. The van der Waals surface area contributed by atoms with Crippen molar-refractivity contribution in [2.45, 2.75) is 57.0 Å². The van der Waals surface area contributed by atoms with E-state index < -0.39 is 21.7 Å². The van der Waals surface area contributed by atoms with Gasteiger partial charge in [0.15, 0.2) is 0 Å². The summed E-state index contributed by atoms with van der Waals surface area (Å²) in [4.78, 5) is 44.4. The smallest absolute Gasteiger partial charge is 0.303 e. The fourth-order valence-corrected chi connectivity index (χ4v) is 9.77. The van der Waals surface area contributed by atoms with E-state index in [1.807, 2.05) is 40.1 Å². The van der Waals surface area contributed by atoms with Crippen molar-refractivity contribution in [3.8, 4) is 17.0 Å². The number of hydrogen-bond donors (Lipinski definition) is 1. The zero-order valence-corrected chi connectivity index (χ0v) is 29.8. The maximum atomic E-state index is 14.7. The van der Waals surface area contributed by atoms with Crippen LogP contribution in [-0.2, 0) is 31.1 Å². The zero-order valence-electron chi connectivity index (χ0n) is 29.0. The van der Waals surface area contributed by atoms with Crippen LogP contribution in [0.2, 0.25) is 0 Å². The third-order valence-corrected chi connectivity index (χ3v) is 13.2. The van der Waals surface area contributed by atoms with E-state index in [-0.39, 0.29) is 35.3 Å². The van der Waals surface area contributed by atoms with Crippen molar-refractivity contribution in [3.63, 3.8) is 0 Å². The lowest BCUT2D eigenvalue weighted by atomic mass is 9.65. The Hall–Kier alpha value is -4.20. The van der Waals surface area contributed by atoms with E-state index in [4.69, 9.17) is 9.47 Å². The van der Waals surface area contributed by atoms with E-state index in [1.54, 1.807) is 26.2 Å². The fourth-order valence-electron chi connectivity index (χ4n) is 9.24. The van der Waals surface area contributed by atoms with Crippen LogP contribution in [0, 0.1) is 5.41 Å². The molecule has 0 bridgehead atoms. The molecule has 4 aliphatic heterocycles. The minimum atomic E-state index is -4.01. The van der Waals surface area contributed by atoms with Gasteiger partial charge >= 0.3 is 10.2 Å². The van der Waals surface area contributed by atoms with Crippen LogP contribution in [0.5, 0.6) is 5.75 Å². The van der Waals surface area contributed by atoms with Crippen LogP contribution in [0.4, 0.5) is 0 Å². The molecule has 1 aromatic heterocycles. The second-order valence-corrected chi connectivity index (χ2v) is 16.7. The summed E-state index contributed by atoms with van der Waals surface area (Å²) in [5, 5.41) is 0.996. The second kappa shape index (κ2) is 11.7. The molecule has 0 radical (unpaired) electrons. The Balaban J connectivity index is 1.27. The SMILES string of the molecule is COc1ccc2c(c1)C=C(C(=O)N1CC34COCC3(C1)N(C(C)=O)C4)Cn1c-2c(C2CCCCC2)c2ccc(C(=O)NS(=O)(=O)N(C)C)cc21. The van der Waals surface area contributed by atoms with Crippen LogP contribution in [-0.4, -0.2) is 104 Å². The van der Waals surface area contributed by atoms with Gasteiger partial charge in [-0.2, -0.15) is 12.7 Å². The molecule has 2 unspecified atom stereocenters. The molecule has 1 aliphatic carbocycles. The number of likely N-dealkylation sites (tertiary alicyclic amines) is 2. The van der Waals surface area contributed by atoms with E-state index in [0.29, 0.717) is 44.2 Å². The van der Waals surface area contributed by atoms with Crippen LogP contribution < -0.4 is 9.46 Å². The molecule has 50 heavy (non-hydrogen) atoms. The van der Waals surface area contributed by atoms with Crippen molar-refractivity contribution in [3.05, 3.63) is 58.7 Å². The van der Waals surface area contributed by atoms with Gasteiger partial charge in [0, 0.05) is 68.3 Å². The van der Waals surface area contributed by atoms with Crippen LogP contribution in [0.3, 0.4) is 0 Å². The molecular formula is C37H43N5O7S. The molecule has 8 rings (SSSR count). The van der Waals surface area contributed by atoms with E-state index in [2.05, 4.69) is 9.29 Å². The highest BCUT2D eigenvalue weighted by Crippen LogP contribution is 2.57. The number of hydrogen-bond acceptors (Lipinski definition) is 7. The van der Waals surface area contributed by atoms with E-state index >= 15 is 0 Å². The molecule has 5 aliphatic rings. The average Bonchev–Trinajstić information content (AvgIpc) is 3.56. The molecule has 3 amide bonds. The molecule has 1 N–H and O–H groups in total. The minimum Gasteiger partial charge on any atom is -0.497 e. The number of benzene rings is 2. The van der Waals surface area contributed by atoms with Gasteiger partial charge in [-0.25, -0.2) is 4.72 Å². The summed E-state index contributed by atoms with van der Waals surface area (Å²) in [6.07, 6.45) is 7.47. The predicted octanol–water partition coefficient (Wildman–Crippen LogP) is 3.76. The van der Waals surface area contributed by atoms with Crippen molar-refractivity contribution in [2.24, 2.45) is 5.41 Å². The molecule has 1 saturated carbocycles. The fraction of sp³-hybridized carbons (Fsp3) is 0.486. The molecule has 0 spiro atoms. The number of fused-ring (bicyclic) bond motifs is 5. The Labute approximate surface area is 292 Å². The van der Waals surface area contributed by atoms with Gasteiger partial charge in [-0.05, 0) is 66.3 Å². The Morgan fingerprint density at radius 2 is 1.78 bits per heavy atom. The number of carbonyl (C=O) groups is 3.